The molecule has 0 aromatic heterocycles. The smallest absolute Gasteiger partial charge is 0.269 e. The molecule has 0 aliphatic rings. The summed E-state index contributed by atoms with van der Waals surface area (Å²) < 4.78 is 59.6. The van der Waals surface area contributed by atoms with Crippen LogP contribution in [0.3, 0.4) is 0 Å². The minimum Gasteiger partial charge on any atom is -0.269 e. The van der Waals surface area contributed by atoms with E-state index in [-0.39, 0.29) is 0 Å². The van der Waals surface area contributed by atoms with Gasteiger partial charge in [0.15, 0.2) is 0 Å². The first kappa shape index (κ1) is 10.7. The first-order chi connectivity index (χ1) is 4.69. The van der Waals surface area contributed by atoms with Crippen molar-refractivity contribution in [3.63, 3.8) is 0 Å². The highest BCUT2D eigenvalue weighted by Gasteiger charge is 2.37. The van der Waals surface area contributed by atoms with Crippen LogP contribution in [0.15, 0.2) is 0 Å². The zero-order chi connectivity index (χ0) is 9.28. The highest BCUT2D eigenvalue weighted by Crippen LogP contribution is 2.08. The van der Waals surface area contributed by atoms with Crippen LogP contribution in [0.1, 0.15) is 0 Å². The van der Waals surface area contributed by atoms with Gasteiger partial charge in [-0.05, 0) is 0 Å². The van der Waals surface area contributed by atoms with E-state index >= 15 is 0 Å². The molecule has 0 fully saturated rings. The summed E-state index contributed by atoms with van der Waals surface area (Å²) in [7, 11) is -11.1. The summed E-state index contributed by atoms with van der Waals surface area (Å²) in [5.74, 6) is 4.26. The van der Waals surface area contributed by atoms with Crippen molar-refractivity contribution in [2.45, 2.75) is 4.71 Å². The lowest BCUT2D eigenvalue weighted by atomic mass is 11.5. The van der Waals surface area contributed by atoms with E-state index < -0.39 is 25.2 Å². The van der Waals surface area contributed by atoms with Crippen LogP contribution in [-0.4, -0.2) is 21.5 Å². The van der Waals surface area contributed by atoms with E-state index in [1.807, 2.05) is 0 Å². The lowest BCUT2D eigenvalue weighted by molar-refractivity contribution is 0.510. The summed E-state index contributed by atoms with van der Waals surface area (Å²) in [6.45, 7) is 0. The van der Waals surface area contributed by atoms with E-state index in [4.69, 9.17) is 0 Å². The largest absolute Gasteiger partial charge is 0.337 e. The highest BCUT2D eigenvalue weighted by atomic mass is 32.3. The van der Waals surface area contributed by atoms with Gasteiger partial charge in [-0.2, -0.15) is 16.8 Å². The third-order valence-corrected chi connectivity index (χ3v) is 3.32. The van der Waals surface area contributed by atoms with Gasteiger partial charge in [-0.25, -0.2) is 5.43 Å². The van der Waals surface area contributed by atoms with Crippen LogP contribution in [0.2, 0.25) is 0 Å². The lowest BCUT2D eigenvalue weighted by Crippen LogP contribution is -2.43. The molecule has 0 atom stereocenters. The maximum atomic E-state index is 11.8. The Morgan fingerprint density at radius 3 is 1.36 bits per heavy atom. The SMILES string of the molecule is NNC(S(=O)(=O)F)S(=O)(=O)F. The maximum absolute atomic E-state index is 11.8. The van der Waals surface area contributed by atoms with Gasteiger partial charge >= 0.3 is 20.4 Å². The fourth-order valence-electron chi connectivity index (χ4n) is 0.300. The van der Waals surface area contributed by atoms with E-state index in [0.717, 1.165) is 5.43 Å². The molecule has 11 heavy (non-hydrogen) atoms. The van der Waals surface area contributed by atoms with Crippen molar-refractivity contribution in [1.29, 1.82) is 0 Å². The predicted octanol–water partition coefficient (Wildman–Crippen LogP) is -1.67. The van der Waals surface area contributed by atoms with Gasteiger partial charge in [0.05, 0.1) is 0 Å². The van der Waals surface area contributed by atoms with Crippen LogP contribution in [-0.2, 0) is 20.4 Å². The average molecular weight is 210 g/mol. The molecule has 0 unspecified atom stereocenters. The molecule has 0 spiro atoms. The Labute approximate surface area is 61.8 Å². The predicted molar refractivity (Wildman–Crippen MR) is 31.2 cm³/mol. The molecule has 0 aliphatic heterocycles. The highest BCUT2D eigenvalue weighted by molar-refractivity contribution is 8.04. The van der Waals surface area contributed by atoms with Gasteiger partial charge in [0.2, 0.25) is 0 Å². The van der Waals surface area contributed by atoms with Gasteiger partial charge in [0.25, 0.3) is 4.71 Å². The second-order valence-corrected chi connectivity index (χ2v) is 4.59. The zero-order valence-electron chi connectivity index (χ0n) is 4.86. The van der Waals surface area contributed by atoms with Crippen LogP contribution >= 0.6 is 0 Å². The second-order valence-electron chi connectivity index (χ2n) is 1.45. The molecular weight excluding hydrogens is 206 g/mol. The Morgan fingerprint density at radius 2 is 1.36 bits per heavy atom. The van der Waals surface area contributed by atoms with Crippen LogP contribution in [0.5, 0.6) is 0 Å². The molecule has 0 bridgehead atoms. The van der Waals surface area contributed by atoms with Crippen molar-refractivity contribution < 1.29 is 24.6 Å². The summed E-state index contributed by atoms with van der Waals surface area (Å²) in [6.07, 6.45) is 0. The molecule has 6 nitrogen and oxygen atoms in total. The summed E-state index contributed by atoms with van der Waals surface area (Å²) in [4.78, 5) is 0. The van der Waals surface area contributed by atoms with E-state index in [2.05, 4.69) is 5.84 Å². The number of hydrazine groups is 1. The number of rotatable bonds is 3. The summed E-state index contributed by atoms with van der Waals surface area (Å²) in [5, 5.41) is 0. The molecule has 0 heterocycles. The average Bonchev–Trinajstić information content (AvgIpc) is 1.56. The van der Waals surface area contributed by atoms with E-state index in [0.29, 0.717) is 0 Å². The van der Waals surface area contributed by atoms with E-state index in [9.17, 15) is 24.6 Å². The molecule has 0 amide bonds. The van der Waals surface area contributed by atoms with Gasteiger partial charge in [-0.1, -0.05) is 0 Å². The van der Waals surface area contributed by atoms with Gasteiger partial charge in [0, 0.05) is 0 Å². The minimum absolute atomic E-state index is 0.956. The summed E-state index contributed by atoms with van der Waals surface area (Å²) in [5.41, 5.74) is 0.956. The van der Waals surface area contributed by atoms with Crippen LogP contribution in [0.25, 0.3) is 0 Å². The Bertz CT molecular complexity index is 286. The third-order valence-electron chi connectivity index (χ3n) is 0.647. The molecule has 0 aliphatic carbocycles. The molecule has 0 saturated carbocycles. The zero-order valence-corrected chi connectivity index (χ0v) is 6.49. The fraction of sp³-hybridized carbons (Fsp3) is 1.00. The number of halogens is 2. The Hall–Kier alpha value is -0.320. The normalized spacial score (nSPS) is 13.8. The van der Waals surface area contributed by atoms with Crippen molar-refractivity contribution in [2.24, 2.45) is 5.84 Å². The Kier molecular flexibility index (Phi) is 2.88. The summed E-state index contributed by atoms with van der Waals surface area (Å²) >= 11 is 0. The third kappa shape index (κ3) is 3.05. The number of hydrogen-bond acceptors (Lipinski definition) is 6. The van der Waals surface area contributed by atoms with Crippen molar-refractivity contribution in [3.05, 3.63) is 0 Å². The number of hydrogen-bond donors (Lipinski definition) is 2. The molecule has 0 rings (SSSR count). The van der Waals surface area contributed by atoms with Crippen molar-refractivity contribution >= 4 is 20.4 Å². The molecule has 10 heteroatoms. The Morgan fingerprint density at radius 1 is 1.09 bits per heavy atom. The molecule has 0 aromatic carbocycles. The quantitative estimate of drug-likeness (QED) is 0.328. The van der Waals surface area contributed by atoms with E-state index in [1.165, 1.54) is 0 Å². The minimum atomic E-state index is -5.57. The first-order valence-electron chi connectivity index (χ1n) is 2.02. The van der Waals surface area contributed by atoms with Gasteiger partial charge in [-0.15, -0.1) is 7.77 Å². The topological polar surface area (TPSA) is 106 Å². The van der Waals surface area contributed by atoms with Crippen molar-refractivity contribution in [2.75, 3.05) is 0 Å². The molecule has 0 saturated heterocycles. The van der Waals surface area contributed by atoms with Crippen LogP contribution in [0, 0.1) is 0 Å². The molecule has 0 radical (unpaired) electrons. The van der Waals surface area contributed by atoms with E-state index in [1.54, 1.807) is 0 Å². The standard InChI is InChI=1S/CH4F2N2O4S2/c2-10(6,7)1(5-4)11(3,8)9/h1,5H,4H2. The molecular formula is CH4F2N2O4S2. The number of nitrogens with two attached hydrogens (primary N) is 1. The molecule has 3 N–H and O–H groups in total. The first-order valence-corrected chi connectivity index (χ1v) is 4.92. The maximum Gasteiger partial charge on any atom is 0.337 e. The monoisotopic (exact) mass is 210 g/mol. The van der Waals surface area contributed by atoms with Crippen molar-refractivity contribution in [1.82, 2.24) is 5.43 Å². The van der Waals surface area contributed by atoms with Gasteiger partial charge < -0.3 is 0 Å². The second kappa shape index (κ2) is 2.97. The van der Waals surface area contributed by atoms with Crippen molar-refractivity contribution in [3.8, 4) is 0 Å². The van der Waals surface area contributed by atoms with Gasteiger partial charge in [0.1, 0.15) is 0 Å². The van der Waals surface area contributed by atoms with Crippen LogP contribution < -0.4 is 11.3 Å². The Balaban J connectivity index is 5.05. The molecule has 0 aromatic rings. The number of nitrogens with one attached hydrogen (secondary N) is 1. The van der Waals surface area contributed by atoms with Gasteiger partial charge in [-0.3, -0.25) is 5.84 Å². The molecule has 68 valence electrons. The van der Waals surface area contributed by atoms with Crippen LogP contribution in [0.4, 0.5) is 7.77 Å². The summed E-state index contributed by atoms with van der Waals surface area (Å²) in [6, 6.07) is 0. The lowest BCUT2D eigenvalue weighted by Gasteiger charge is -2.04. The fourth-order valence-corrected chi connectivity index (χ4v) is 1.72.